The average Bonchev–Trinajstić information content (AvgIpc) is 4.06. The van der Waals surface area contributed by atoms with Crippen molar-refractivity contribution in [3.05, 3.63) is 277 Å². The molecule has 8 aliphatic rings. The van der Waals surface area contributed by atoms with Crippen LogP contribution in [0.4, 0.5) is 17.1 Å². The Morgan fingerprint density at radius 2 is 1.09 bits per heavy atom. The summed E-state index contributed by atoms with van der Waals surface area (Å²) in [5.41, 5.74) is 24.5. The summed E-state index contributed by atoms with van der Waals surface area (Å²) in [6.45, 7) is 4.83. The van der Waals surface area contributed by atoms with Gasteiger partial charge in [0.1, 0.15) is 0 Å². The molecule has 8 unspecified atom stereocenters. The van der Waals surface area contributed by atoms with E-state index in [0.717, 1.165) is 28.1 Å². The number of nitrogens with zero attached hydrogens (tertiary/aromatic N) is 4. The lowest BCUT2D eigenvalue weighted by atomic mass is 9.81. The number of allylic oxidation sites excluding steroid dienone is 7. The first-order valence-corrected chi connectivity index (χ1v) is 28.6. The zero-order valence-electron chi connectivity index (χ0n) is 44.4. The van der Waals surface area contributed by atoms with Crippen LogP contribution < -0.4 is 9.80 Å². The van der Waals surface area contributed by atoms with Gasteiger partial charge in [0.2, 0.25) is 0 Å². The molecule has 9 aromatic rings. The summed E-state index contributed by atoms with van der Waals surface area (Å²) in [5, 5.41) is 1.33. The normalized spacial score (nSPS) is 24.2. The molecule has 2 fully saturated rings. The lowest BCUT2D eigenvalue weighted by molar-refractivity contribution is 0.527. The molecule has 0 bridgehead atoms. The summed E-state index contributed by atoms with van der Waals surface area (Å²) >= 11 is 0. The maximum atomic E-state index is 5.53. The first kappa shape index (κ1) is 45.1. The predicted octanol–water partition coefficient (Wildman–Crippen LogP) is 17.9. The van der Waals surface area contributed by atoms with Crippen molar-refractivity contribution in [1.29, 1.82) is 0 Å². The molecule has 378 valence electrons. The molecule has 0 N–H and O–H groups in total. The van der Waals surface area contributed by atoms with Gasteiger partial charge in [-0.1, -0.05) is 202 Å². The fourth-order valence-electron chi connectivity index (χ4n) is 15.2. The largest absolute Gasteiger partial charge is 0.357 e. The number of fused-ring (bicyclic) bond motifs is 14. The van der Waals surface area contributed by atoms with Crippen LogP contribution in [0.1, 0.15) is 60.1 Å². The number of benzene rings is 7. The average molecular weight is 1020 g/mol. The molecule has 8 atom stereocenters. The molecular formula is C75H58N4. The monoisotopic (exact) mass is 1010 g/mol. The molecule has 79 heavy (non-hydrogen) atoms. The topological polar surface area (TPSA) is 24.3 Å². The number of aromatic nitrogens is 2. The molecule has 2 aliphatic heterocycles. The summed E-state index contributed by atoms with van der Waals surface area (Å²) in [6, 6.07) is 65.0. The van der Waals surface area contributed by atoms with Crippen LogP contribution in [0, 0.1) is 17.8 Å². The molecule has 0 radical (unpaired) electrons. The van der Waals surface area contributed by atoms with Crippen molar-refractivity contribution in [1.82, 2.24) is 9.55 Å². The first-order chi connectivity index (χ1) is 38.9. The molecule has 4 nitrogen and oxygen atoms in total. The highest BCUT2D eigenvalue weighted by Gasteiger charge is 2.47. The van der Waals surface area contributed by atoms with Crippen LogP contribution in [0.5, 0.6) is 0 Å². The van der Waals surface area contributed by atoms with Gasteiger partial charge in [-0.3, -0.25) is 0 Å². The number of para-hydroxylation sites is 2. The van der Waals surface area contributed by atoms with Crippen molar-refractivity contribution >= 4 is 34.0 Å². The standard InChI is InChI=1S/C75H58N4/c1-75(2)65-41-48(51-38-54(77-69-23-11-6-18-58(69)59-19-7-12-24-70(59)77)45-55(39-51)78-71-25-13-8-20-60(71)61-21-9-14-26-72(61)78)30-35-56(65)57-36-32-50(42-66(57)75)68-44-52(46-16-4-3-5-17-46)43-67(76-68)47-28-33-53(34-29-47)79-73-27-15-10-22-62(73)63-37-31-49-40-64(49)74(63)79/h3-39,41-45,49,58-60,64,69-71H,40H2,1-2H3. The van der Waals surface area contributed by atoms with Crippen molar-refractivity contribution in [2.24, 2.45) is 17.8 Å². The minimum absolute atomic E-state index is 0.201. The van der Waals surface area contributed by atoms with E-state index in [1.807, 2.05) is 0 Å². The molecule has 4 heteroatoms. The van der Waals surface area contributed by atoms with Crippen molar-refractivity contribution < 1.29 is 0 Å². The van der Waals surface area contributed by atoms with Crippen molar-refractivity contribution in [3.8, 4) is 61.6 Å². The van der Waals surface area contributed by atoms with Gasteiger partial charge in [-0.15, -0.1) is 0 Å². The second kappa shape index (κ2) is 17.0. The zero-order chi connectivity index (χ0) is 52.1. The van der Waals surface area contributed by atoms with Gasteiger partial charge >= 0.3 is 0 Å². The number of rotatable bonds is 7. The smallest absolute Gasteiger partial charge is 0.0715 e. The van der Waals surface area contributed by atoms with Gasteiger partial charge in [0.15, 0.2) is 0 Å². The Bertz CT molecular complexity index is 4230. The van der Waals surface area contributed by atoms with Crippen LogP contribution in [-0.2, 0) is 5.41 Å². The Hall–Kier alpha value is -8.99. The van der Waals surface area contributed by atoms with E-state index < -0.39 is 0 Å². The summed E-state index contributed by atoms with van der Waals surface area (Å²) in [7, 11) is 0. The SMILES string of the molecule is CC1(C)c2cc(-c3cc(N4c5ccccc5C5C=CC=CC54)cc(N4C5C=CC=CC5C5C=CC=CC54)c3)ccc2-c2ccc(-c3cc(-c4ccccc4)cc(-c4ccc(-n5c6c(c7ccccc75)C=CC5CC65)cc4)n3)cc21. The van der Waals surface area contributed by atoms with E-state index in [0.29, 0.717) is 29.6 Å². The molecule has 2 aromatic heterocycles. The van der Waals surface area contributed by atoms with Crippen LogP contribution in [0.3, 0.4) is 0 Å². The van der Waals surface area contributed by atoms with Crippen LogP contribution >= 0.6 is 0 Å². The summed E-state index contributed by atoms with van der Waals surface area (Å²) in [4.78, 5) is 10.9. The fourth-order valence-corrected chi connectivity index (χ4v) is 15.2. The zero-order valence-corrected chi connectivity index (χ0v) is 44.4. The summed E-state index contributed by atoms with van der Waals surface area (Å²) in [6.07, 6.45) is 34.0. The van der Waals surface area contributed by atoms with E-state index in [2.05, 4.69) is 283 Å². The van der Waals surface area contributed by atoms with Gasteiger partial charge in [-0.05, 0) is 129 Å². The molecule has 6 aliphatic carbocycles. The maximum Gasteiger partial charge on any atom is 0.0715 e. The van der Waals surface area contributed by atoms with E-state index in [4.69, 9.17) is 4.98 Å². The lowest BCUT2D eigenvalue weighted by Gasteiger charge is -2.35. The van der Waals surface area contributed by atoms with Crippen LogP contribution in [-0.4, -0.2) is 27.7 Å². The van der Waals surface area contributed by atoms with Gasteiger partial charge < -0.3 is 14.4 Å². The Labute approximate surface area is 462 Å². The van der Waals surface area contributed by atoms with Crippen molar-refractivity contribution in [2.75, 3.05) is 9.80 Å². The molecule has 0 spiro atoms. The van der Waals surface area contributed by atoms with E-state index in [9.17, 15) is 0 Å². The number of hydrogen-bond acceptors (Lipinski definition) is 3. The van der Waals surface area contributed by atoms with Crippen LogP contribution in [0.25, 0.3) is 78.6 Å². The second-order valence-corrected chi connectivity index (χ2v) is 23.7. The van der Waals surface area contributed by atoms with Crippen molar-refractivity contribution in [3.63, 3.8) is 0 Å². The first-order valence-electron chi connectivity index (χ1n) is 28.6. The van der Waals surface area contributed by atoms with Gasteiger partial charge in [-0.2, -0.15) is 0 Å². The molecule has 1 saturated heterocycles. The summed E-state index contributed by atoms with van der Waals surface area (Å²) < 4.78 is 2.52. The Kier molecular flexibility index (Phi) is 9.70. The third kappa shape index (κ3) is 6.83. The van der Waals surface area contributed by atoms with Gasteiger partial charge in [-0.25, -0.2) is 4.98 Å². The number of hydrogen-bond donors (Lipinski definition) is 0. The molecule has 7 aromatic carbocycles. The van der Waals surface area contributed by atoms with E-state index in [1.54, 1.807) is 0 Å². The molecule has 17 rings (SSSR count). The Morgan fingerprint density at radius 1 is 0.468 bits per heavy atom. The van der Waals surface area contributed by atoms with Crippen molar-refractivity contribution in [2.45, 2.75) is 55.6 Å². The highest BCUT2D eigenvalue weighted by molar-refractivity contribution is 5.95. The molecule has 0 amide bonds. The van der Waals surface area contributed by atoms with Gasteiger partial charge in [0.05, 0.1) is 35.0 Å². The van der Waals surface area contributed by atoms with Crippen LogP contribution in [0.2, 0.25) is 0 Å². The van der Waals surface area contributed by atoms with E-state index in [1.165, 1.54) is 95.8 Å². The number of anilines is 3. The van der Waals surface area contributed by atoms with E-state index >= 15 is 0 Å². The Morgan fingerprint density at radius 3 is 1.87 bits per heavy atom. The number of pyridine rings is 1. The summed E-state index contributed by atoms with van der Waals surface area (Å²) in [5.74, 6) is 2.38. The minimum Gasteiger partial charge on any atom is -0.357 e. The highest BCUT2D eigenvalue weighted by atomic mass is 15.2. The lowest BCUT2D eigenvalue weighted by Crippen LogP contribution is -2.37. The molecular weight excluding hydrogens is 957 g/mol. The third-order valence-corrected chi connectivity index (χ3v) is 19.1. The fraction of sp³-hybridized carbons (Fsp3) is 0.160. The Balaban J connectivity index is 0.753. The quantitative estimate of drug-likeness (QED) is 0.159. The molecule has 4 heterocycles. The van der Waals surface area contributed by atoms with Gasteiger partial charge in [0.25, 0.3) is 0 Å². The van der Waals surface area contributed by atoms with Gasteiger partial charge in [0, 0.05) is 79.6 Å². The second-order valence-electron chi connectivity index (χ2n) is 23.7. The highest BCUT2D eigenvalue weighted by Crippen LogP contribution is 2.57. The van der Waals surface area contributed by atoms with E-state index in [-0.39, 0.29) is 23.5 Å². The third-order valence-electron chi connectivity index (χ3n) is 19.1. The predicted molar refractivity (Wildman–Crippen MR) is 327 cm³/mol. The van der Waals surface area contributed by atoms with Crippen LogP contribution in [0.15, 0.2) is 249 Å². The maximum absolute atomic E-state index is 5.53. The minimum atomic E-state index is -0.265. The molecule has 1 saturated carbocycles.